The monoisotopic (exact) mass is 214 g/mol. The first-order valence-electron chi connectivity index (χ1n) is 5.93. The van der Waals surface area contributed by atoms with E-state index in [9.17, 15) is 4.79 Å². The second kappa shape index (κ2) is 7.69. The Bertz CT molecular complexity index is 178. The van der Waals surface area contributed by atoms with Gasteiger partial charge in [0.05, 0.1) is 0 Å². The van der Waals surface area contributed by atoms with Crippen LogP contribution in [0.4, 0.5) is 0 Å². The summed E-state index contributed by atoms with van der Waals surface area (Å²) in [4.78, 5) is 11.3. The highest BCUT2D eigenvalue weighted by molar-refractivity contribution is 5.76. The molecule has 0 fully saturated rings. The van der Waals surface area contributed by atoms with E-state index in [1.54, 1.807) is 0 Å². The van der Waals surface area contributed by atoms with Gasteiger partial charge in [0.25, 0.3) is 0 Å². The van der Waals surface area contributed by atoms with Crippen LogP contribution in [0.1, 0.15) is 41.0 Å². The summed E-state index contributed by atoms with van der Waals surface area (Å²) >= 11 is 0. The molecule has 3 heteroatoms. The fourth-order valence-electron chi connectivity index (χ4n) is 1.06. The molecule has 0 bridgehead atoms. The second-order valence-corrected chi connectivity index (χ2v) is 4.93. The molecule has 0 aliphatic heterocycles. The van der Waals surface area contributed by atoms with E-state index in [0.29, 0.717) is 24.3 Å². The minimum atomic E-state index is 0.146. The Morgan fingerprint density at radius 2 is 1.73 bits per heavy atom. The van der Waals surface area contributed by atoms with Crippen LogP contribution in [-0.4, -0.2) is 25.0 Å². The summed E-state index contributed by atoms with van der Waals surface area (Å²) in [7, 11) is 0. The van der Waals surface area contributed by atoms with Crippen molar-refractivity contribution in [3.63, 3.8) is 0 Å². The fourth-order valence-corrected chi connectivity index (χ4v) is 1.06. The summed E-state index contributed by atoms with van der Waals surface area (Å²) in [6.07, 6.45) is 0.573. The maximum Gasteiger partial charge on any atom is 0.221 e. The number of hydrogen-bond acceptors (Lipinski definition) is 2. The normalized spacial score (nSPS) is 13.3. The molecule has 1 atom stereocenters. The zero-order chi connectivity index (χ0) is 11.8. The molecule has 0 heterocycles. The Kier molecular flexibility index (Phi) is 7.39. The molecule has 90 valence electrons. The molecule has 0 saturated heterocycles. The average molecular weight is 214 g/mol. The second-order valence-electron chi connectivity index (χ2n) is 4.93. The maximum atomic E-state index is 11.3. The predicted octanol–water partition coefficient (Wildman–Crippen LogP) is 1.78. The minimum Gasteiger partial charge on any atom is -0.356 e. The summed E-state index contributed by atoms with van der Waals surface area (Å²) in [5, 5.41) is 6.25. The number of amides is 1. The highest BCUT2D eigenvalue weighted by Crippen LogP contribution is 1.99. The van der Waals surface area contributed by atoms with Gasteiger partial charge in [0.15, 0.2) is 0 Å². The molecule has 0 radical (unpaired) electrons. The first-order valence-corrected chi connectivity index (χ1v) is 5.93. The van der Waals surface area contributed by atoms with Crippen LogP contribution in [0.15, 0.2) is 0 Å². The zero-order valence-electron chi connectivity index (χ0n) is 10.8. The number of carbonyl (C=O) groups is 1. The van der Waals surface area contributed by atoms with Crippen molar-refractivity contribution in [2.45, 2.75) is 47.1 Å². The van der Waals surface area contributed by atoms with E-state index in [4.69, 9.17) is 0 Å². The van der Waals surface area contributed by atoms with Crippen molar-refractivity contribution >= 4 is 5.91 Å². The van der Waals surface area contributed by atoms with Gasteiger partial charge >= 0.3 is 0 Å². The third-order valence-corrected chi connectivity index (χ3v) is 2.53. The highest BCUT2D eigenvalue weighted by Gasteiger charge is 2.07. The third kappa shape index (κ3) is 8.43. The van der Waals surface area contributed by atoms with Gasteiger partial charge in [0.1, 0.15) is 0 Å². The first kappa shape index (κ1) is 14.4. The van der Waals surface area contributed by atoms with Crippen LogP contribution < -0.4 is 10.6 Å². The molecule has 0 aliphatic rings. The van der Waals surface area contributed by atoms with Crippen LogP contribution in [-0.2, 0) is 4.79 Å². The van der Waals surface area contributed by atoms with Crippen molar-refractivity contribution in [1.29, 1.82) is 0 Å². The van der Waals surface area contributed by atoms with Crippen LogP contribution in [0.2, 0.25) is 0 Å². The summed E-state index contributed by atoms with van der Waals surface area (Å²) < 4.78 is 0. The molecule has 0 spiro atoms. The van der Waals surface area contributed by atoms with E-state index in [1.807, 2.05) is 0 Å². The standard InChI is InChI=1S/C12H26N2O/c1-9(2)8-14-12(15)6-7-13-11(5)10(3)4/h9-11,13H,6-8H2,1-5H3,(H,14,15). The summed E-state index contributed by atoms with van der Waals surface area (Å²) in [6.45, 7) is 12.2. The van der Waals surface area contributed by atoms with E-state index >= 15 is 0 Å². The molecule has 1 amide bonds. The lowest BCUT2D eigenvalue weighted by Crippen LogP contribution is -2.35. The molecule has 0 saturated carbocycles. The van der Waals surface area contributed by atoms with E-state index in [-0.39, 0.29) is 5.91 Å². The number of nitrogens with one attached hydrogen (secondary N) is 2. The van der Waals surface area contributed by atoms with Gasteiger partial charge in [-0.1, -0.05) is 27.7 Å². The van der Waals surface area contributed by atoms with Crippen molar-refractivity contribution < 1.29 is 4.79 Å². The lowest BCUT2D eigenvalue weighted by molar-refractivity contribution is -0.121. The SMILES string of the molecule is CC(C)CNC(=O)CCNC(C)C(C)C. The fraction of sp³-hybridized carbons (Fsp3) is 0.917. The Morgan fingerprint density at radius 1 is 1.13 bits per heavy atom. The molecule has 0 aromatic rings. The summed E-state index contributed by atoms with van der Waals surface area (Å²) in [6, 6.07) is 0.475. The molecule has 0 aromatic heterocycles. The van der Waals surface area contributed by atoms with Crippen LogP contribution in [0.3, 0.4) is 0 Å². The lowest BCUT2D eigenvalue weighted by Gasteiger charge is -2.17. The van der Waals surface area contributed by atoms with E-state index in [0.717, 1.165) is 13.1 Å². The Hall–Kier alpha value is -0.570. The Balaban J connectivity index is 3.47. The summed E-state index contributed by atoms with van der Waals surface area (Å²) in [5.74, 6) is 1.28. The minimum absolute atomic E-state index is 0.146. The molecule has 3 nitrogen and oxygen atoms in total. The lowest BCUT2D eigenvalue weighted by atomic mass is 10.1. The van der Waals surface area contributed by atoms with Crippen LogP contribution in [0.5, 0.6) is 0 Å². The van der Waals surface area contributed by atoms with Crippen molar-refractivity contribution in [3.8, 4) is 0 Å². The van der Waals surface area contributed by atoms with Gasteiger partial charge in [-0.3, -0.25) is 4.79 Å². The molecular formula is C12H26N2O. The number of hydrogen-bond donors (Lipinski definition) is 2. The van der Waals surface area contributed by atoms with Gasteiger partial charge < -0.3 is 10.6 Å². The maximum absolute atomic E-state index is 11.3. The average Bonchev–Trinajstić information content (AvgIpc) is 2.14. The predicted molar refractivity (Wildman–Crippen MR) is 64.8 cm³/mol. The molecule has 0 aliphatic carbocycles. The van der Waals surface area contributed by atoms with Gasteiger partial charge in [-0.2, -0.15) is 0 Å². The van der Waals surface area contributed by atoms with E-state index in [1.165, 1.54) is 0 Å². The van der Waals surface area contributed by atoms with Crippen LogP contribution >= 0.6 is 0 Å². The van der Waals surface area contributed by atoms with Gasteiger partial charge in [-0.15, -0.1) is 0 Å². The summed E-state index contributed by atoms with van der Waals surface area (Å²) in [5.41, 5.74) is 0. The van der Waals surface area contributed by atoms with Crippen molar-refractivity contribution in [2.24, 2.45) is 11.8 Å². The van der Waals surface area contributed by atoms with Gasteiger partial charge in [0, 0.05) is 25.6 Å². The Morgan fingerprint density at radius 3 is 2.20 bits per heavy atom. The van der Waals surface area contributed by atoms with Crippen molar-refractivity contribution in [1.82, 2.24) is 10.6 Å². The third-order valence-electron chi connectivity index (χ3n) is 2.53. The smallest absolute Gasteiger partial charge is 0.221 e. The number of rotatable bonds is 7. The quantitative estimate of drug-likeness (QED) is 0.678. The van der Waals surface area contributed by atoms with Gasteiger partial charge in [0.2, 0.25) is 5.91 Å². The molecular weight excluding hydrogens is 188 g/mol. The molecule has 15 heavy (non-hydrogen) atoms. The van der Waals surface area contributed by atoms with E-state index in [2.05, 4.69) is 45.3 Å². The van der Waals surface area contributed by atoms with E-state index < -0.39 is 0 Å². The number of carbonyl (C=O) groups excluding carboxylic acids is 1. The van der Waals surface area contributed by atoms with Gasteiger partial charge in [-0.25, -0.2) is 0 Å². The van der Waals surface area contributed by atoms with Crippen LogP contribution in [0.25, 0.3) is 0 Å². The van der Waals surface area contributed by atoms with Crippen LogP contribution in [0, 0.1) is 11.8 Å². The molecule has 2 N–H and O–H groups in total. The zero-order valence-corrected chi connectivity index (χ0v) is 10.8. The topological polar surface area (TPSA) is 41.1 Å². The van der Waals surface area contributed by atoms with Crippen molar-refractivity contribution in [2.75, 3.05) is 13.1 Å². The first-order chi connectivity index (χ1) is 6.93. The molecule has 0 rings (SSSR count). The molecule has 0 aromatic carbocycles. The van der Waals surface area contributed by atoms with Crippen molar-refractivity contribution in [3.05, 3.63) is 0 Å². The molecule has 1 unspecified atom stereocenters. The van der Waals surface area contributed by atoms with Gasteiger partial charge in [-0.05, 0) is 18.8 Å². The highest BCUT2D eigenvalue weighted by atomic mass is 16.1. The largest absolute Gasteiger partial charge is 0.356 e. The Labute approximate surface area is 94.0 Å².